The first-order valence-corrected chi connectivity index (χ1v) is 10.7. The van der Waals surface area contributed by atoms with Gasteiger partial charge in [-0.15, -0.1) is 0 Å². The molecule has 0 saturated heterocycles. The molecule has 9 nitrogen and oxygen atoms in total. The molecule has 0 bridgehead atoms. The molecule has 172 valence electrons. The summed E-state index contributed by atoms with van der Waals surface area (Å²) in [4.78, 5) is 52.5. The number of carbonyl (C=O) groups is 3. The molecule has 2 rings (SSSR count). The zero-order chi connectivity index (χ0) is 24.1. The van der Waals surface area contributed by atoms with Crippen molar-refractivity contribution in [3.8, 4) is 0 Å². The van der Waals surface area contributed by atoms with E-state index in [-0.39, 0.29) is 12.0 Å². The number of amides is 3. The summed E-state index contributed by atoms with van der Waals surface area (Å²) in [6.07, 6.45) is 0.775. The Morgan fingerprint density at radius 1 is 1.06 bits per heavy atom. The van der Waals surface area contributed by atoms with Gasteiger partial charge in [0.1, 0.15) is 16.7 Å². The first-order valence-electron chi connectivity index (χ1n) is 9.86. The van der Waals surface area contributed by atoms with Gasteiger partial charge in [0.05, 0.1) is 0 Å². The number of ether oxygens (including phenoxy) is 1. The lowest BCUT2D eigenvalue weighted by Crippen LogP contribution is -2.61. The third-order valence-corrected chi connectivity index (χ3v) is 5.31. The summed E-state index contributed by atoms with van der Waals surface area (Å²) in [5.74, 6) is -1.48. The van der Waals surface area contributed by atoms with E-state index in [1.54, 1.807) is 27.7 Å². The largest absolute Gasteiger partial charge is 0.444 e. The minimum Gasteiger partial charge on any atom is -0.444 e. The van der Waals surface area contributed by atoms with Gasteiger partial charge in [0.2, 0.25) is 0 Å². The molecular weight excluding hydrogens is 480 g/mol. The summed E-state index contributed by atoms with van der Waals surface area (Å²) in [5, 5.41) is 2.59. The molecule has 0 aliphatic carbocycles. The Balaban J connectivity index is 2.22. The van der Waals surface area contributed by atoms with Crippen molar-refractivity contribution in [2.24, 2.45) is 0 Å². The second kappa shape index (κ2) is 9.99. The van der Waals surface area contributed by atoms with Gasteiger partial charge in [-0.2, -0.15) is 0 Å². The Morgan fingerprint density at radius 3 is 2.28 bits per heavy atom. The highest BCUT2D eigenvalue weighted by Gasteiger charge is 2.37. The lowest BCUT2D eigenvalue weighted by Gasteiger charge is -2.31. The third-order valence-electron chi connectivity index (χ3n) is 4.49. The second-order valence-electron chi connectivity index (χ2n) is 8.50. The molecule has 0 saturated carbocycles. The molecule has 0 spiro atoms. The number of rotatable bonds is 5. The topological polar surface area (TPSA) is 129 Å². The highest BCUT2D eigenvalue weighted by molar-refractivity contribution is 9.10. The average Bonchev–Trinajstić information content (AvgIpc) is 2.68. The van der Waals surface area contributed by atoms with E-state index in [0.717, 1.165) is 5.56 Å². The summed E-state index contributed by atoms with van der Waals surface area (Å²) < 4.78 is 5.83. The average molecular weight is 507 g/mol. The number of aromatic nitrogens is 1. The highest BCUT2D eigenvalue weighted by atomic mass is 79.9. The van der Waals surface area contributed by atoms with Gasteiger partial charge in [0.25, 0.3) is 17.4 Å². The van der Waals surface area contributed by atoms with Crippen molar-refractivity contribution in [2.45, 2.75) is 52.2 Å². The van der Waals surface area contributed by atoms with Crippen LogP contribution in [0.3, 0.4) is 0 Å². The third kappa shape index (κ3) is 6.68. The lowest BCUT2D eigenvalue weighted by molar-refractivity contribution is -0.127. The van der Waals surface area contributed by atoms with E-state index in [0.29, 0.717) is 10.0 Å². The van der Waals surface area contributed by atoms with Crippen LogP contribution in [0.25, 0.3) is 0 Å². The minimum atomic E-state index is -1.46. The van der Waals surface area contributed by atoms with E-state index in [1.807, 2.05) is 30.3 Å². The smallest absolute Gasteiger partial charge is 0.408 e. The number of H-pyrrole nitrogens is 1. The Hall–Kier alpha value is -3.14. The number of pyridine rings is 1. The van der Waals surface area contributed by atoms with Crippen LogP contribution in [0.1, 0.15) is 49.2 Å². The van der Waals surface area contributed by atoms with Crippen molar-refractivity contribution in [3.63, 3.8) is 0 Å². The maximum atomic E-state index is 13.1. The number of benzene rings is 1. The van der Waals surface area contributed by atoms with E-state index >= 15 is 0 Å². The predicted octanol–water partition coefficient (Wildman–Crippen LogP) is 2.73. The molecule has 0 fully saturated rings. The monoisotopic (exact) mass is 506 g/mol. The molecule has 4 N–H and O–H groups in total. The minimum absolute atomic E-state index is 0.130. The van der Waals surface area contributed by atoms with Crippen LogP contribution in [0, 0.1) is 6.92 Å². The van der Waals surface area contributed by atoms with E-state index in [9.17, 15) is 19.2 Å². The van der Waals surface area contributed by atoms with Crippen LogP contribution < -0.4 is 21.7 Å². The fraction of sp³-hybridized carbons (Fsp3) is 0.364. The molecular formula is C22H27BrN4O5. The molecule has 1 aromatic heterocycles. The molecule has 1 atom stereocenters. The van der Waals surface area contributed by atoms with Crippen LogP contribution in [0.4, 0.5) is 4.79 Å². The van der Waals surface area contributed by atoms with Crippen molar-refractivity contribution in [1.29, 1.82) is 0 Å². The highest BCUT2D eigenvalue weighted by Crippen LogP contribution is 2.17. The van der Waals surface area contributed by atoms with E-state index in [2.05, 4.69) is 37.1 Å². The van der Waals surface area contributed by atoms with Crippen LogP contribution in [-0.2, 0) is 16.0 Å². The molecule has 10 heteroatoms. The van der Waals surface area contributed by atoms with E-state index in [4.69, 9.17) is 4.74 Å². The van der Waals surface area contributed by atoms with Crippen molar-refractivity contribution < 1.29 is 19.1 Å². The molecule has 0 unspecified atom stereocenters. The number of nitrogens with one attached hydrogen (secondary N) is 4. The fourth-order valence-corrected chi connectivity index (χ4v) is 3.21. The second-order valence-corrected chi connectivity index (χ2v) is 9.35. The maximum Gasteiger partial charge on any atom is 0.408 e. The van der Waals surface area contributed by atoms with Gasteiger partial charge in [-0.05, 0) is 61.7 Å². The van der Waals surface area contributed by atoms with Crippen molar-refractivity contribution in [1.82, 2.24) is 21.2 Å². The number of halogens is 1. The summed E-state index contributed by atoms with van der Waals surface area (Å²) in [7, 11) is 0. The van der Waals surface area contributed by atoms with Gasteiger partial charge in [-0.3, -0.25) is 25.2 Å². The Kier molecular flexibility index (Phi) is 7.84. The number of alkyl carbamates (subject to hydrolysis) is 1. The molecule has 0 aliphatic rings. The van der Waals surface area contributed by atoms with Crippen LogP contribution in [0.5, 0.6) is 0 Å². The number of carbonyl (C=O) groups excluding carboxylic acids is 3. The van der Waals surface area contributed by atoms with Gasteiger partial charge in [-0.1, -0.05) is 30.3 Å². The Labute approximate surface area is 194 Å². The molecule has 3 amide bonds. The van der Waals surface area contributed by atoms with Gasteiger partial charge < -0.3 is 15.0 Å². The SMILES string of the molecule is Cc1c(Br)c[nH]c(=O)c1C(=O)NNC(=O)[C@@](C)(Cc1ccccc1)NC(=O)OC(C)(C)C. The maximum absolute atomic E-state index is 13.1. The number of hydrazine groups is 1. The summed E-state index contributed by atoms with van der Waals surface area (Å²) >= 11 is 3.25. The molecule has 1 aromatic carbocycles. The number of aromatic amines is 1. The van der Waals surface area contributed by atoms with Crippen LogP contribution >= 0.6 is 15.9 Å². The van der Waals surface area contributed by atoms with Crippen molar-refractivity contribution >= 4 is 33.8 Å². The van der Waals surface area contributed by atoms with Crippen LogP contribution in [0.15, 0.2) is 45.8 Å². The Bertz CT molecular complexity index is 1060. The first kappa shape index (κ1) is 25.1. The molecule has 32 heavy (non-hydrogen) atoms. The molecule has 1 heterocycles. The quantitative estimate of drug-likeness (QED) is 0.463. The normalized spacial score (nSPS) is 12.9. The summed E-state index contributed by atoms with van der Waals surface area (Å²) in [6, 6.07) is 9.08. The van der Waals surface area contributed by atoms with Gasteiger partial charge in [0.15, 0.2) is 0 Å². The predicted molar refractivity (Wildman–Crippen MR) is 123 cm³/mol. The first-order chi connectivity index (χ1) is 14.8. The molecule has 0 aliphatic heterocycles. The summed E-state index contributed by atoms with van der Waals surface area (Å²) in [6.45, 7) is 8.24. The van der Waals surface area contributed by atoms with Crippen LogP contribution in [0.2, 0.25) is 0 Å². The number of hydrogen-bond acceptors (Lipinski definition) is 5. The van der Waals surface area contributed by atoms with Gasteiger partial charge >= 0.3 is 6.09 Å². The lowest BCUT2D eigenvalue weighted by atomic mass is 9.92. The number of hydrogen-bond donors (Lipinski definition) is 4. The standard InChI is InChI=1S/C22H27BrN4O5/c1-13-15(23)12-24-17(28)16(13)18(29)26-27-19(30)22(5,11-14-9-7-6-8-10-14)25-20(31)32-21(2,3)4/h6-10,12H,11H2,1-5H3,(H,24,28)(H,25,31)(H,26,29)(H,27,30)/t22-/m1/s1. The Morgan fingerprint density at radius 2 is 1.69 bits per heavy atom. The molecule has 0 radical (unpaired) electrons. The van der Waals surface area contributed by atoms with Crippen molar-refractivity contribution in [2.75, 3.05) is 0 Å². The molecule has 2 aromatic rings. The summed E-state index contributed by atoms with van der Waals surface area (Å²) in [5.41, 5.74) is 2.78. The zero-order valence-corrected chi connectivity index (χ0v) is 20.2. The zero-order valence-electron chi connectivity index (χ0n) is 18.6. The van der Waals surface area contributed by atoms with Crippen molar-refractivity contribution in [3.05, 3.63) is 68.0 Å². The van der Waals surface area contributed by atoms with Gasteiger partial charge in [-0.25, -0.2) is 4.79 Å². The fourth-order valence-electron chi connectivity index (χ4n) is 2.90. The van der Waals surface area contributed by atoms with Crippen LogP contribution in [-0.4, -0.2) is 34.0 Å². The van der Waals surface area contributed by atoms with E-state index in [1.165, 1.54) is 13.1 Å². The van der Waals surface area contributed by atoms with E-state index < -0.39 is 34.6 Å². The van der Waals surface area contributed by atoms with Gasteiger partial charge in [0, 0.05) is 17.1 Å².